The molecule has 0 spiro atoms. The summed E-state index contributed by atoms with van der Waals surface area (Å²) in [7, 11) is 0. The first kappa shape index (κ1) is 12.7. The lowest BCUT2D eigenvalue weighted by molar-refractivity contribution is 0.478. The van der Waals surface area contributed by atoms with Gasteiger partial charge in [-0.15, -0.1) is 0 Å². The van der Waals surface area contributed by atoms with Crippen LogP contribution >= 0.6 is 22.9 Å². The average Bonchev–Trinajstić information content (AvgIpc) is 2.70. The number of benzene rings is 1. The lowest BCUT2D eigenvalue weighted by Crippen LogP contribution is -2.32. The van der Waals surface area contributed by atoms with Crippen molar-refractivity contribution in [3.63, 3.8) is 0 Å². The summed E-state index contributed by atoms with van der Waals surface area (Å²) in [5, 5.41) is 5.25. The molecular formula is C13H17ClN2S. The topological polar surface area (TPSA) is 24.9 Å². The molecule has 0 amide bonds. The maximum atomic E-state index is 5.96. The minimum atomic E-state index is 0.123. The first-order valence-electron chi connectivity index (χ1n) is 5.90. The second-order valence-corrected chi connectivity index (χ2v) is 5.99. The maximum absolute atomic E-state index is 5.96. The Bertz CT molecular complexity index is 517. The van der Waals surface area contributed by atoms with Crippen molar-refractivity contribution in [1.82, 2.24) is 4.98 Å². The molecule has 0 atom stereocenters. The Morgan fingerprint density at radius 2 is 2.06 bits per heavy atom. The maximum Gasteiger partial charge on any atom is 0.184 e. The molecule has 2 rings (SSSR count). The molecule has 0 saturated carbocycles. The molecule has 0 bridgehead atoms. The van der Waals surface area contributed by atoms with Crippen LogP contribution in [0.15, 0.2) is 18.2 Å². The molecular weight excluding hydrogens is 252 g/mol. The van der Waals surface area contributed by atoms with E-state index in [1.807, 2.05) is 18.2 Å². The summed E-state index contributed by atoms with van der Waals surface area (Å²) in [6, 6.07) is 5.84. The van der Waals surface area contributed by atoms with Crippen molar-refractivity contribution in [3.8, 4) is 0 Å². The van der Waals surface area contributed by atoms with Crippen molar-refractivity contribution in [2.24, 2.45) is 0 Å². The Morgan fingerprint density at radius 3 is 2.71 bits per heavy atom. The highest BCUT2D eigenvalue weighted by Gasteiger charge is 2.20. The van der Waals surface area contributed by atoms with Crippen molar-refractivity contribution in [3.05, 3.63) is 23.2 Å². The molecule has 0 radical (unpaired) electrons. The van der Waals surface area contributed by atoms with Crippen molar-refractivity contribution in [2.45, 2.75) is 39.2 Å². The second-order valence-electron chi connectivity index (χ2n) is 4.52. The fraction of sp³-hybridized carbons (Fsp3) is 0.462. The van der Waals surface area contributed by atoms with E-state index in [4.69, 9.17) is 11.6 Å². The van der Waals surface area contributed by atoms with E-state index in [0.29, 0.717) is 0 Å². The monoisotopic (exact) mass is 268 g/mol. The van der Waals surface area contributed by atoms with Crippen LogP contribution in [0.2, 0.25) is 5.02 Å². The van der Waals surface area contributed by atoms with Gasteiger partial charge in [-0.25, -0.2) is 4.98 Å². The van der Waals surface area contributed by atoms with Gasteiger partial charge in [-0.05, 0) is 38.0 Å². The highest BCUT2D eigenvalue weighted by Crippen LogP contribution is 2.31. The van der Waals surface area contributed by atoms with Crippen LogP contribution in [0.1, 0.15) is 33.6 Å². The molecule has 2 aromatic rings. The van der Waals surface area contributed by atoms with Crippen LogP contribution in [-0.4, -0.2) is 10.5 Å². The number of anilines is 1. The van der Waals surface area contributed by atoms with Crippen LogP contribution < -0.4 is 5.32 Å². The normalized spacial score (nSPS) is 12.0. The third-order valence-corrected chi connectivity index (χ3v) is 4.51. The first-order chi connectivity index (χ1) is 8.06. The number of rotatable bonds is 4. The van der Waals surface area contributed by atoms with Crippen molar-refractivity contribution >= 4 is 38.3 Å². The summed E-state index contributed by atoms with van der Waals surface area (Å²) < 4.78 is 1.17. The number of aromatic nitrogens is 1. The number of hydrogen-bond acceptors (Lipinski definition) is 3. The zero-order valence-corrected chi connectivity index (χ0v) is 12.0. The predicted octanol–water partition coefficient (Wildman–Crippen LogP) is 4.94. The van der Waals surface area contributed by atoms with E-state index in [1.165, 1.54) is 4.70 Å². The molecule has 1 aromatic heterocycles. The Morgan fingerprint density at radius 1 is 1.35 bits per heavy atom. The molecule has 0 saturated heterocycles. The Balaban J connectivity index is 2.31. The third-order valence-electron chi connectivity index (χ3n) is 3.32. The average molecular weight is 269 g/mol. The van der Waals surface area contributed by atoms with E-state index in [1.54, 1.807) is 11.3 Å². The summed E-state index contributed by atoms with van der Waals surface area (Å²) in [5.74, 6) is 0. The summed E-state index contributed by atoms with van der Waals surface area (Å²) in [6.45, 7) is 6.62. The van der Waals surface area contributed by atoms with Gasteiger partial charge in [0.05, 0.1) is 10.2 Å². The van der Waals surface area contributed by atoms with Gasteiger partial charge in [0.1, 0.15) is 0 Å². The highest BCUT2D eigenvalue weighted by atomic mass is 35.5. The molecule has 0 aliphatic rings. The Kier molecular flexibility index (Phi) is 3.59. The molecule has 0 unspecified atom stereocenters. The fourth-order valence-electron chi connectivity index (χ4n) is 1.64. The minimum absolute atomic E-state index is 0.123. The lowest BCUT2D eigenvalue weighted by atomic mass is 9.96. The molecule has 0 aliphatic heterocycles. The number of nitrogens with one attached hydrogen (secondary N) is 1. The predicted molar refractivity (Wildman–Crippen MR) is 77.2 cm³/mol. The van der Waals surface area contributed by atoms with Gasteiger partial charge in [0.25, 0.3) is 0 Å². The molecule has 0 fully saturated rings. The lowest BCUT2D eigenvalue weighted by Gasteiger charge is -2.27. The summed E-state index contributed by atoms with van der Waals surface area (Å²) >= 11 is 7.64. The van der Waals surface area contributed by atoms with Gasteiger partial charge in [0.15, 0.2) is 5.13 Å². The number of fused-ring (bicyclic) bond motifs is 1. The molecule has 17 heavy (non-hydrogen) atoms. The molecule has 92 valence electrons. The van der Waals surface area contributed by atoms with Crippen molar-refractivity contribution in [2.75, 3.05) is 5.32 Å². The molecule has 2 nitrogen and oxygen atoms in total. The SMILES string of the molecule is CCC(C)(CC)Nc1nc2cc(Cl)ccc2s1. The number of nitrogens with zero attached hydrogens (tertiary/aromatic N) is 1. The molecule has 1 heterocycles. The zero-order chi connectivity index (χ0) is 12.5. The van der Waals surface area contributed by atoms with E-state index in [0.717, 1.165) is 28.5 Å². The molecule has 4 heteroatoms. The van der Waals surface area contributed by atoms with Crippen LogP contribution in [0, 0.1) is 0 Å². The number of hydrogen-bond donors (Lipinski definition) is 1. The van der Waals surface area contributed by atoms with Crippen LogP contribution in [0.5, 0.6) is 0 Å². The van der Waals surface area contributed by atoms with Crippen LogP contribution in [0.3, 0.4) is 0 Å². The minimum Gasteiger partial charge on any atom is -0.356 e. The number of halogens is 1. The van der Waals surface area contributed by atoms with Crippen LogP contribution in [0.4, 0.5) is 5.13 Å². The van der Waals surface area contributed by atoms with Gasteiger partial charge < -0.3 is 5.32 Å². The second kappa shape index (κ2) is 4.83. The molecule has 1 N–H and O–H groups in total. The Hall–Kier alpha value is -0.800. The summed E-state index contributed by atoms with van der Waals surface area (Å²) in [4.78, 5) is 4.58. The van der Waals surface area contributed by atoms with Crippen LogP contribution in [0.25, 0.3) is 10.2 Å². The van der Waals surface area contributed by atoms with E-state index < -0.39 is 0 Å². The van der Waals surface area contributed by atoms with E-state index in [2.05, 4.69) is 31.1 Å². The van der Waals surface area contributed by atoms with Gasteiger partial charge in [-0.2, -0.15) is 0 Å². The van der Waals surface area contributed by atoms with E-state index in [-0.39, 0.29) is 5.54 Å². The van der Waals surface area contributed by atoms with Crippen molar-refractivity contribution in [1.29, 1.82) is 0 Å². The summed E-state index contributed by atoms with van der Waals surface area (Å²) in [5.41, 5.74) is 1.09. The van der Waals surface area contributed by atoms with E-state index in [9.17, 15) is 0 Å². The number of thiazole rings is 1. The van der Waals surface area contributed by atoms with Gasteiger partial charge in [0, 0.05) is 10.6 Å². The quantitative estimate of drug-likeness (QED) is 0.849. The van der Waals surface area contributed by atoms with Gasteiger partial charge in [-0.3, -0.25) is 0 Å². The van der Waals surface area contributed by atoms with Crippen LogP contribution in [-0.2, 0) is 0 Å². The third kappa shape index (κ3) is 2.72. The highest BCUT2D eigenvalue weighted by molar-refractivity contribution is 7.22. The van der Waals surface area contributed by atoms with E-state index >= 15 is 0 Å². The molecule has 1 aromatic carbocycles. The summed E-state index contributed by atoms with van der Waals surface area (Å²) in [6.07, 6.45) is 2.17. The van der Waals surface area contributed by atoms with Gasteiger partial charge in [0.2, 0.25) is 0 Å². The standard InChI is InChI=1S/C13H17ClN2S/c1-4-13(3,5-2)16-12-15-10-8-9(14)6-7-11(10)17-12/h6-8H,4-5H2,1-3H3,(H,15,16). The molecule has 0 aliphatic carbocycles. The first-order valence-corrected chi connectivity index (χ1v) is 7.10. The fourth-order valence-corrected chi connectivity index (χ4v) is 2.80. The smallest absolute Gasteiger partial charge is 0.184 e. The van der Waals surface area contributed by atoms with Gasteiger partial charge in [-0.1, -0.05) is 36.8 Å². The zero-order valence-electron chi connectivity index (χ0n) is 10.4. The van der Waals surface area contributed by atoms with Crippen molar-refractivity contribution < 1.29 is 0 Å². The van der Waals surface area contributed by atoms with Gasteiger partial charge >= 0.3 is 0 Å². The Labute approximate surface area is 111 Å². The largest absolute Gasteiger partial charge is 0.356 e.